The lowest BCUT2D eigenvalue weighted by Gasteiger charge is -2.22. The molecular weight excluding hydrogens is 222 g/mol. The first-order valence-corrected chi connectivity index (χ1v) is 5.47. The first-order valence-electron chi connectivity index (χ1n) is 5.47. The lowest BCUT2D eigenvalue weighted by atomic mass is 10.3. The van der Waals surface area contributed by atoms with Crippen molar-refractivity contribution in [1.82, 2.24) is 19.9 Å². The Morgan fingerprint density at radius 2 is 2.00 bits per heavy atom. The molecule has 0 atom stereocenters. The molecule has 2 aromatic rings. The van der Waals surface area contributed by atoms with E-state index >= 15 is 0 Å². The quantitative estimate of drug-likeness (QED) is 0.628. The van der Waals surface area contributed by atoms with E-state index in [4.69, 9.17) is 10.2 Å². The zero-order valence-electron chi connectivity index (χ0n) is 9.37. The van der Waals surface area contributed by atoms with Crippen LogP contribution in [0.4, 0.5) is 5.82 Å². The number of nitrogens with zero attached hydrogens (tertiary/aromatic N) is 4. The largest absolute Gasteiger partial charge is 0.396 e. The number of nitrogens with one attached hydrogen (secondary N) is 1. The Kier molecular flexibility index (Phi) is 3.84. The number of aliphatic hydroxyl groups is 2. The van der Waals surface area contributed by atoms with Gasteiger partial charge < -0.3 is 20.1 Å². The third kappa shape index (κ3) is 2.51. The molecule has 2 rings (SSSR count). The van der Waals surface area contributed by atoms with Gasteiger partial charge >= 0.3 is 0 Å². The first-order chi connectivity index (χ1) is 8.36. The highest BCUT2D eigenvalue weighted by Crippen LogP contribution is 2.19. The summed E-state index contributed by atoms with van der Waals surface area (Å²) in [5.74, 6) is 0.704. The number of H-pyrrole nitrogens is 1. The average Bonchev–Trinajstić information content (AvgIpc) is 2.82. The molecular formula is C10H15N5O2. The SMILES string of the molecule is OCCCN(CCO)c1ncnc2nc[nH]c12. The number of fused-ring (bicyclic) bond motifs is 1. The molecule has 7 nitrogen and oxygen atoms in total. The van der Waals surface area contributed by atoms with Gasteiger partial charge in [0.2, 0.25) is 0 Å². The molecule has 0 radical (unpaired) electrons. The molecule has 2 aromatic heterocycles. The molecule has 3 N–H and O–H groups in total. The topological polar surface area (TPSA) is 98.2 Å². The molecule has 0 bridgehead atoms. The number of aromatic amines is 1. The minimum absolute atomic E-state index is 0.0328. The number of aliphatic hydroxyl groups excluding tert-OH is 2. The van der Waals surface area contributed by atoms with E-state index in [0.717, 1.165) is 5.52 Å². The monoisotopic (exact) mass is 237 g/mol. The maximum Gasteiger partial charge on any atom is 0.182 e. The molecule has 0 amide bonds. The van der Waals surface area contributed by atoms with Crippen LogP contribution in [0.2, 0.25) is 0 Å². The number of hydrogen-bond acceptors (Lipinski definition) is 6. The number of imidazole rings is 1. The van der Waals surface area contributed by atoms with Gasteiger partial charge in [0, 0.05) is 19.7 Å². The van der Waals surface area contributed by atoms with E-state index in [1.54, 1.807) is 6.33 Å². The van der Waals surface area contributed by atoms with E-state index in [0.29, 0.717) is 31.0 Å². The van der Waals surface area contributed by atoms with Crippen molar-refractivity contribution in [2.45, 2.75) is 6.42 Å². The van der Waals surface area contributed by atoms with E-state index in [1.807, 2.05) is 4.90 Å². The van der Waals surface area contributed by atoms with Gasteiger partial charge in [0.15, 0.2) is 11.5 Å². The van der Waals surface area contributed by atoms with Crippen LogP contribution in [0, 0.1) is 0 Å². The second-order valence-corrected chi connectivity index (χ2v) is 3.59. The van der Waals surface area contributed by atoms with Crippen molar-refractivity contribution >= 4 is 17.0 Å². The van der Waals surface area contributed by atoms with Gasteiger partial charge in [-0.1, -0.05) is 0 Å². The zero-order valence-corrected chi connectivity index (χ0v) is 9.37. The van der Waals surface area contributed by atoms with Gasteiger partial charge in [-0.3, -0.25) is 0 Å². The van der Waals surface area contributed by atoms with Crippen molar-refractivity contribution in [2.75, 3.05) is 31.2 Å². The average molecular weight is 237 g/mol. The van der Waals surface area contributed by atoms with Crippen LogP contribution in [0.15, 0.2) is 12.7 Å². The van der Waals surface area contributed by atoms with Crippen LogP contribution in [-0.4, -0.2) is 56.5 Å². The maximum absolute atomic E-state index is 9.05. The summed E-state index contributed by atoms with van der Waals surface area (Å²) in [5, 5.41) is 17.9. The smallest absolute Gasteiger partial charge is 0.182 e. The number of anilines is 1. The molecule has 17 heavy (non-hydrogen) atoms. The number of hydrogen-bond donors (Lipinski definition) is 3. The van der Waals surface area contributed by atoms with Crippen molar-refractivity contribution in [3.63, 3.8) is 0 Å². The Labute approximate surface area is 98.2 Å². The summed E-state index contributed by atoms with van der Waals surface area (Å²) in [7, 11) is 0. The van der Waals surface area contributed by atoms with Gasteiger partial charge in [-0.15, -0.1) is 0 Å². The third-order valence-electron chi connectivity index (χ3n) is 2.46. The van der Waals surface area contributed by atoms with Crippen molar-refractivity contribution in [3.05, 3.63) is 12.7 Å². The van der Waals surface area contributed by atoms with Gasteiger partial charge in [0.05, 0.1) is 12.9 Å². The molecule has 0 aliphatic carbocycles. The Morgan fingerprint density at radius 3 is 2.76 bits per heavy atom. The van der Waals surface area contributed by atoms with Gasteiger partial charge in [-0.2, -0.15) is 0 Å². The molecule has 0 saturated heterocycles. The van der Waals surface area contributed by atoms with Crippen LogP contribution < -0.4 is 4.90 Å². The Balaban J connectivity index is 2.30. The summed E-state index contributed by atoms with van der Waals surface area (Å²) in [6.07, 6.45) is 3.63. The molecule has 0 unspecified atom stereocenters. The van der Waals surface area contributed by atoms with Gasteiger partial charge in [-0.25, -0.2) is 15.0 Å². The van der Waals surface area contributed by atoms with Crippen molar-refractivity contribution < 1.29 is 10.2 Å². The molecule has 7 heteroatoms. The second-order valence-electron chi connectivity index (χ2n) is 3.59. The number of aromatic nitrogens is 4. The van der Waals surface area contributed by atoms with Crippen molar-refractivity contribution in [2.24, 2.45) is 0 Å². The van der Waals surface area contributed by atoms with E-state index in [2.05, 4.69) is 19.9 Å². The molecule has 0 aliphatic rings. The van der Waals surface area contributed by atoms with E-state index in [1.165, 1.54) is 6.33 Å². The van der Waals surface area contributed by atoms with Gasteiger partial charge in [0.25, 0.3) is 0 Å². The van der Waals surface area contributed by atoms with Crippen LogP contribution in [0.1, 0.15) is 6.42 Å². The maximum atomic E-state index is 9.05. The predicted octanol–water partition coefficient (Wildman–Crippen LogP) is -0.466. The molecule has 92 valence electrons. The summed E-state index contributed by atoms with van der Waals surface area (Å²) in [5.41, 5.74) is 1.35. The molecule has 0 spiro atoms. The molecule has 0 saturated carbocycles. The molecule has 0 aliphatic heterocycles. The number of rotatable bonds is 6. The van der Waals surface area contributed by atoms with Crippen LogP contribution >= 0.6 is 0 Å². The Bertz CT molecular complexity index is 472. The second kappa shape index (κ2) is 5.55. The fraction of sp³-hybridized carbons (Fsp3) is 0.500. The minimum atomic E-state index is 0.0328. The summed E-state index contributed by atoms with van der Waals surface area (Å²) >= 11 is 0. The minimum Gasteiger partial charge on any atom is -0.396 e. The fourth-order valence-corrected chi connectivity index (χ4v) is 1.70. The standard InChI is InChI=1S/C10H15N5O2/c16-4-1-2-15(3-5-17)10-8-9(12-6-11-8)13-7-14-10/h6-7,16-17H,1-5H2,(H,11,12,13,14). The molecule has 2 heterocycles. The highest BCUT2D eigenvalue weighted by molar-refractivity contribution is 5.82. The predicted molar refractivity (Wildman–Crippen MR) is 62.7 cm³/mol. The van der Waals surface area contributed by atoms with Crippen LogP contribution in [-0.2, 0) is 0 Å². The van der Waals surface area contributed by atoms with E-state index < -0.39 is 0 Å². The summed E-state index contributed by atoms with van der Waals surface area (Å²) in [4.78, 5) is 17.2. The Hall–Kier alpha value is -1.73. The molecule has 0 fully saturated rings. The van der Waals surface area contributed by atoms with Gasteiger partial charge in [-0.05, 0) is 6.42 Å². The van der Waals surface area contributed by atoms with E-state index in [9.17, 15) is 0 Å². The third-order valence-corrected chi connectivity index (χ3v) is 2.46. The first kappa shape index (κ1) is 11.7. The highest BCUT2D eigenvalue weighted by Gasteiger charge is 2.12. The van der Waals surface area contributed by atoms with Gasteiger partial charge in [0.1, 0.15) is 11.8 Å². The van der Waals surface area contributed by atoms with Crippen LogP contribution in [0.3, 0.4) is 0 Å². The lowest BCUT2D eigenvalue weighted by molar-refractivity contribution is 0.281. The zero-order chi connectivity index (χ0) is 12.1. The lowest BCUT2D eigenvalue weighted by Crippen LogP contribution is -2.29. The summed E-state index contributed by atoms with van der Waals surface area (Å²) < 4.78 is 0. The van der Waals surface area contributed by atoms with Crippen LogP contribution in [0.5, 0.6) is 0 Å². The van der Waals surface area contributed by atoms with Crippen molar-refractivity contribution in [3.8, 4) is 0 Å². The van der Waals surface area contributed by atoms with Crippen LogP contribution in [0.25, 0.3) is 11.2 Å². The summed E-state index contributed by atoms with van der Waals surface area (Å²) in [6, 6.07) is 0. The summed E-state index contributed by atoms with van der Waals surface area (Å²) in [6.45, 7) is 1.23. The normalized spacial score (nSPS) is 10.9. The fourth-order valence-electron chi connectivity index (χ4n) is 1.70. The Morgan fingerprint density at radius 1 is 1.12 bits per heavy atom. The van der Waals surface area contributed by atoms with Crippen molar-refractivity contribution in [1.29, 1.82) is 0 Å². The van der Waals surface area contributed by atoms with E-state index in [-0.39, 0.29) is 13.2 Å². The molecule has 0 aromatic carbocycles. The highest BCUT2D eigenvalue weighted by atomic mass is 16.3.